The van der Waals surface area contributed by atoms with Gasteiger partial charge in [-0.1, -0.05) is 6.92 Å². The first-order valence-corrected chi connectivity index (χ1v) is 5.96. The van der Waals surface area contributed by atoms with E-state index in [0.717, 1.165) is 19.3 Å². The van der Waals surface area contributed by atoms with Crippen LogP contribution < -0.4 is 5.73 Å². The summed E-state index contributed by atoms with van der Waals surface area (Å²) in [6, 6.07) is 4.19. The zero-order valence-corrected chi connectivity index (χ0v) is 9.68. The SMILES string of the molecule is CCc1ccc(CCC(O)C(C)N)s1. The Morgan fingerprint density at radius 1 is 1.43 bits per heavy atom. The van der Waals surface area contributed by atoms with Crippen LogP contribution >= 0.6 is 11.3 Å². The second kappa shape index (κ2) is 5.49. The summed E-state index contributed by atoms with van der Waals surface area (Å²) in [5.74, 6) is 0. The van der Waals surface area contributed by atoms with E-state index in [1.165, 1.54) is 9.75 Å². The Morgan fingerprint density at radius 3 is 2.57 bits per heavy atom. The maximum atomic E-state index is 9.53. The van der Waals surface area contributed by atoms with E-state index in [1.807, 2.05) is 18.3 Å². The van der Waals surface area contributed by atoms with E-state index in [2.05, 4.69) is 19.1 Å². The molecule has 1 heterocycles. The van der Waals surface area contributed by atoms with Crippen molar-refractivity contribution >= 4 is 11.3 Å². The molecule has 0 bridgehead atoms. The molecule has 0 aliphatic rings. The van der Waals surface area contributed by atoms with Gasteiger partial charge in [0.05, 0.1) is 6.10 Å². The summed E-state index contributed by atoms with van der Waals surface area (Å²) in [5, 5.41) is 9.53. The quantitative estimate of drug-likeness (QED) is 0.785. The molecule has 2 atom stereocenters. The lowest BCUT2D eigenvalue weighted by molar-refractivity contribution is 0.142. The lowest BCUT2D eigenvalue weighted by atomic mass is 10.1. The molecule has 2 unspecified atom stereocenters. The minimum absolute atomic E-state index is 0.124. The molecule has 1 aromatic rings. The molecule has 14 heavy (non-hydrogen) atoms. The average Bonchev–Trinajstić information content (AvgIpc) is 2.61. The maximum absolute atomic E-state index is 9.53. The van der Waals surface area contributed by atoms with Crippen LogP contribution in [0.3, 0.4) is 0 Å². The minimum atomic E-state index is -0.373. The van der Waals surface area contributed by atoms with Crippen molar-refractivity contribution in [2.75, 3.05) is 0 Å². The molecule has 0 saturated heterocycles. The summed E-state index contributed by atoms with van der Waals surface area (Å²) in [4.78, 5) is 2.76. The molecular formula is C11H19NOS. The molecule has 0 saturated carbocycles. The molecule has 3 heteroatoms. The van der Waals surface area contributed by atoms with Gasteiger partial charge in [-0.15, -0.1) is 11.3 Å². The lowest BCUT2D eigenvalue weighted by Crippen LogP contribution is -2.31. The van der Waals surface area contributed by atoms with Crippen LogP contribution in [-0.2, 0) is 12.8 Å². The Bertz CT molecular complexity index is 270. The summed E-state index contributed by atoms with van der Waals surface area (Å²) in [5.41, 5.74) is 5.58. The number of aliphatic hydroxyl groups excluding tert-OH is 1. The molecular weight excluding hydrogens is 194 g/mol. The van der Waals surface area contributed by atoms with Crippen LogP contribution in [0.5, 0.6) is 0 Å². The number of thiophene rings is 1. The topological polar surface area (TPSA) is 46.2 Å². The molecule has 3 N–H and O–H groups in total. The molecule has 1 rings (SSSR count). The van der Waals surface area contributed by atoms with Crippen LogP contribution in [0.2, 0.25) is 0 Å². The normalized spacial score (nSPS) is 15.4. The summed E-state index contributed by atoms with van der Waals surface area (Å²) >= 11 is 1.83. The number of hydrogen-bond donors (Lipinski definition) is 2. The van der Waals surface area contributed by atoms with Gasteiger partial charge in [0.2, 0.25) is 0 Å². The van der Waals surface area contributed by atoms with Gasteiger partial charge in [0.1, 0.15) is 0 Å². The third-order valence-corrected chi connectivity index (χ3v) is 3.65. The molecule has 0 aliphatic heterocycles. The second-order valence-electron chi connectivity index (χ2n) is 3.69. The van der Waals surface area contributed by atoms with Crippen molar-refractivity contribution in [3.05, 3.63) is 21.9 Å². The van der Waals surface area contributed by atoms with Gasteiger partial charge in [-0.25, -0.2) is 0 Å². The highest BCUT2D eigenvalue weighted by Gasteiger charge is 2.09. The van der Waals surface area contributed by atoms with Gasteiger partial charge < -0.3 is 10.8 Å². The van der Waals surface area contributed by atoms with Crippen molar-refractivity contribution in [3.63, 3.8) is 0 Å². The third-order valence-electron chi connectivity index (χ3n) is 2.36. The Morgan fingerprint density at radius 2 is 2.07 bits per heavy atom. The fourth-order valence-corrected chi connectivity index (χ4v) is 2.27. The van der Waals surface area contributed by atoms with Gasteiger partial charge in [0, 0.05) is 15.8 Å². The molecule has 0 amide bonds. The molecule has 80 valence electrons. The Kier molecular flexibility index (Phi) is 4.58. The van der Waals surface area contributed by atoms with Crippen LogP contribution in [0.1, 0.15) is 30.0 Å². The van der Waals surface area contributed by atoms with Crippen molar-refractivity contribution in [2.45, 2.75) is 45.3 Å². The fraction of sp³-hybridized carbons (Fsp3) is 0.636. The van der Waals surface area contributed by atoms with E-state index < -0.39 is 0 Å². The van der Waals surface area contributed by atoms with Crippen LogP contribution in [0.15, 0.2) is 12.1 Å². The van der Waals surface area contributed by atoms with Gasteiger partial charge in [0.25, 0.3) is 0 Å². The van der Waals surface area contributed by atoms with E-state index in [4.69, 9.17) is 5.73 Å². The number of rotatable bonds is 5. The zero-order chi connectivity index (χ0) is 10.6. The predicted octanol–water partition coefficient (Wildman–Crippen LogP) is 1.95. The third kappa shape index (κ3) is 3.40. The Labute approximate surface area is 89.8 Å². The summed E-state index contributed by atoms with van der Waals surface area (Å²) in [6.07, 6.45) is 2.43. The lowest BCUT2D eigenvalue weighted by Gasteiger charge is -2.13. The fourth-order valence-electron chi connectivity index (χ4n) is 1.30. The second-order valence-corrected chi connectivity index (χ2v) is 4.94. The minimum Gasteiger partial charge on any atom is -0.392 e. The highest BCUT2D eigenvalue weighted by atomic mass is 32.1. The van der Waals surface area contributed by atoms with E-state index in [0.29, 0.717) is 0 Å². The summed E-state index contributed by atoms with van der Waals surface area (Å²) < 4.78 is 0. The highest BCUT2D eigenvalue weighted by molar-refractivity contribution is 7.11. The van der Waals surface area contributed by atoms with Crippen LogP contribution in [-0.4, -0.2) is 17.3 Å². The van der Waals surface area contributed by atoms with Gasteiger partial charge in [0.15, 0.2) is 0 Å². The van der Waals surface area contributed by atoms with E-state index in [9.17, 15) is 5.11 Å². The highest BCUT2D eigenvalue weighted by Crippen LogP contribution is 2.19. The van der Waals surface area contributed by atoms with Crippen LogP contribution in [0.4, 0.5) is 0 Å². The Hall–Kier alpha value is -0.380. The van der Waals surface area contributed by atoms with Crippen molar-refractivity contribution in [3.8, 4) is 0 Å². The molecule has 0 spiro atoms. The molecule has 0 fully saturated rings. The maximum Gasteiger partial charge on any atom is 0.0691 e. The number of hydrogen-bond acceptors (Lipinski definition) is 3. The van der Waals surface area contributed by atoms with Crippen molar-refractivity contribution in [2.24, 2.45) is 5.73 Å². The van der Waals surface area contributed by atoms with Crippen molar-refractivity contribution in [1.82, 2.24) is 0 Å². The number of nitrogens with two attached hydrogens (primary N) is 1. The summed E-state index contributed by atoms with van der Waals surface area (Å²) in [6.45, 7) is 4.00. The van der Waals surface area contributed by atoms with Crippen LogP contribution in [0, 0.1) is 0 Å². The van der Waals surface area contributed by atoms with Gasteiger partial charge in [-0.05, 0) is 38.3 Å². The smallest absolute Gasteiger partial charge is 0.0691 e. The van der Waals surface area contributed by atoms with Gasteiger partial charge in [-0.2, -0.15) is 0 Å². The van der Waals surface area contributed by atoms with E-state index >= 15 is 0 Å². The van der Waals surface area contributed by atoms with E-state index in [1.54, 1.807) is 0 Å². The molecule has 2 nitrogen and oxygen atoms in total. The van der Waals surface area contributed by atoms with Crippen molar-refractivity contribution < 1.29 is 5.11 Å². The first-order valence-electron chi connectivity index (χ1n) is 5.14. The number of aliphatic hydroxyl groups is 1. The zero-order valence-electron chi connectivity index (χ0n) is 8.86. The summed E-state index contributed by atoms with van der Waals surface area (Å²) in [7, 11) is 0. The monoisotopic (exact) mass is 213 g/mol. The standard InChI is InChI=1S/C11H19NOS/c1-3-9-4-5-10(14-9)6-7-11(13)8(2)12/h4-5,8,11,13H,3,6-7,12H2,1-2H3. The number of aryl methyl sites for hydroxylation is 2. The van der Waals surface area contributed by atoms with Crippen LogP contribution in [0.25, 0.3) is 0 Å². The molecule has 0 aromatic carbocycles. The molecule has 0 aliphatic carbocycles. The Balaban J connectivity index is 2.37. The predicted molar refractivity (Wildman–Crippen MR) is 61.7 cm³/mol. The molecule has 1 aromatic heterocycles. The van der Waals surface area contributed by atoms with Gasteiger partial charge >= 0.3 is 0 Å². The van der Waals surface area contributed by atoms with Crippen molar-refractivity contribution in [1.29, 1.82) is 0 Å². The largest absolute Gasteiger partial charge is 0.392 e. The van der Waals surface area contributed by atoms with Gasteiger partial charge in [-0.3, -0.25) is 0 Å². The van der Waals surface area contributed by atoms with E-state index in [-0.39, 0.29) is 12.1 Å². The molecule has 0 radical (unpaired) electrons. The average molecular weight is 213 g/mol. The first kappa shape index (κ1) is 11.7. The first-order chi connectivity index (χ1) is 6.63.